The van der Waals surface area contributed by atoms with Crippen molar-refractivity contribution in [1.82, 2.24) is 20.0 Å². The molecule has 0 N–H and O–H groups in total. The highest BCUT2D eigenvalue weighted by Gasteiger charge is 2.28. The molecule has 0 bridgehead atoms. The minimum atomic E-state index is 0.234. The lowest BCUT2D eigenvalue weighted by molar-refractivity contribution is -0.0110. The van der Waals surface area contributed by atoms with Crippen LogP contribution < -0.4 is 0 Å². The molecular weight excluding hydrogens is 320 g/mol. The maximum atomic E-state index is 6.24. The van der Waals surface area contributed by atoms with Crippen molar-refractivity contribution in [2.75, 3.05) is 32.8 Å². The second-order valence-electron chi connectivity index (χ2n) is 6.76. The molecule has 0 radical (unpaired) electrons. The second kappa shape index (κ2) is 7.59. The summed E-state index contributed by atoms with van der Waals surface area (Å²) >= 11 is 0. The van der Waals surface area contributed by atoms with Crippen molar-refractivity contribution in [3.05, 3.63) is 29.8 Å². The quantitative estimate of drug-likeness (QED) is 0.819. The first-order valence-corrected chi connectivity index (χ1v) is 8.97. The number of hydrogen-bond acceptors (Lipinski definition) is 7. The Bertz CT molecular complexity index is 699. The predicted molar refractivity (Wildman–Crippen MR) is 91.1 cm³/mol. The average Bonchev–Trinajstić information content (AvgIpc) is 3.25. The zero-order valence-electron chi connectivity index (χ0n) is 14.6. The number of rotatable bonds is 5. The first-order chi connectivity index (χ1) is 12.3. The van der Waals surface area contributed by atoms with E-state index in [1.807, 2.05) is 19.1 Å². The number of ether oxygens (including phenoxy) is 2. The van der Waals surface area contributed by atoms with Crippen LogP contribution in [0.4, 0.5) is 0 Å². The summed E-state index contributed by atoms with van der Waals surface area (Å²) in [4.78, 5) is 11.2. The molecule has 2 saturated heterocycles. The van der Waals surface area contributed by atoms with Crippen LogP contribution in [0.3, 0.4) is 0 Å². The lowest BCUT2D eigenvalue weighted by Crippen LogP contribution is -2.41. The minimum absolute atomic E-state index is 0.234. The van der Waals surface area contributed by atoms with Crippen LogP contribution in [-0.2, 0) is 15.9 Å². The van der Waals surface area contributed by atoms with Crippen molar-refractivity contribution < 1.29 is 14.0 Å². The standard InChI is InChI=1S/C18H24N4O3/c1-13-20-18(25-21-13)14-4-5-19-15(10-14)11-16-2-3-17(24-16)12-22-6-8-23-9-7-22/h4-5,10,16-17H,2-3,6-9,11-12H2,1H3/t16-,17+/m0/s1. The van der Waals surface area contributed by atoms with E-state index < -0.39 is 0 Å². The first kappa shape index (κ1) is 16.6. The van der Waals surface area contributed by atoms with Crippen molar-refractivity contribution in [2.45, 2.75) is 38.4 Å². The van der Waals surface area contributed by atoms with Crippen molar-refractivity contribution in [2.24, 2.45) is 0 Å². The van der Waals surface area contributed by atoms with Crippen molar-refractivity contribution in [3.63, 3.8) is 0 Å². The average molecular weight is 344 g/mol. The van der Waals surface area contributed by atoms with E-state index in [9.17, 15) is 0 Å². The molecule has 2 atom stereocenters. The van der Waals surface area contributed by atoms with E-state index in [-0.39, 0.29) is 6.10 Å². The monoisotopic (exact) mass is 344 g/mol. The summed E-state index contributed by atoms with van der Waals surface area (Å²) in [6.07, 6.45) is 5.37. The zero-order valence-corrected chi connectivity index (χ0v) is 14.6. The van der Waals surface area contributed by atoms with E-state index in [1.165, 1.54) is 0 Å². The normalized spacial score (nSPS) is 24.7. The molecule has 7 nitrogen and oxygen atoms in total. The van der Waals surface area contributed by atoms with Gasteiger partial charge in [0.1, 0.15) is 0 Å². The Kier molecular flexibility index (Phi) is 5.05. The molecule has 0 aromatic carbocycles. The highest BCUT2D eigenvalue weighted by molar-refractivity contribution is 5.52. The van der Waals surface area contributed by atoms with Gasteiger partial charge in [-0.15, -0.1) is 0 Å². The van der Waals surface area contributed by atoms with Gasteiger partial charge in [0.05, 0.1) is 25.4 Å². The molecule has 2 aromatic heterocycles. The fourth-order valence-electron chi connectivity index (χ4n) is 3.51. The summed E-state index contributed by atoms with van der Waals surface area (Å²) in [7, 11) is 0. The summed E-state index contributed by atoms with van der Waals surface area (Å²) < 4.78 is 16.9. The Morgan fingerprint density at radius 1 is 1.20 bits per heavy atom. The third-order valence-corrected chi connectivity index (χ3v) is 4.79. The summed E-state index contributed by atoms with van der Waals surface area (Å²) in [6.45, 7) is 6.52. The van der Waals surface area contributed by atoms with Gasteiger partial charge in [0.2, 0.25) is 0 Å². The molecule has 0 unspecified atom stereocenters. The van der Waals surface area contributed by atoms with Gasteiger partial charge >= 0.3 is 0 Å². The second-order valence-corrected chi connectivity index (χ2v) is 6.76. The molecule has 2 aliphatic rings. The van der Waals surface area contributed by atoms with E-state index in [2.05, 4.69) is 20.0 Å². The van der Waals surface area contributed by atoms with Crippen LogP contribution >= 0.6 is 0 Å². The van der Waals surface area contributed by atoms with Crippen LogP contribution in [0.5, 0.6) is 0 Å². The van der Waals surface area contributed by atoms with Gasteiger partial charge in [0.15, 0.2) is 5.82 Å². The van der Waals surface area contributed by atoms with Gasteiger partial charge in [-0.3, -0.25) is 9.88 Å². The summed E-state index contributed by atoms with van der Waals surface area (Å²) in [6, 6.07) is 3.92. The van der Waals surface area contributed by atoms with E-state index >= 15 is 0 Å². The Balaban J connectivity index is 1.33. The predicted octanol–water partition coefficient (Wildman–Crippen LogP) is 1.86. The van der Waals surface area contributed by atoms with Crippen LogP contribution in [0.1, 0.15) is 24.4 Å². The molecule has 0 aliphatic carbocycles. The maximum Gasteiger partial charge on any atom is 0.258 e. The van der Waals surface area contributed by atoms with Crippen LogP contribution in [0.15, 0.2) is 22.9 Å². The first-order valence-electron chi connectivity index (χ1n) is 8.97. The third-order valence-electron chi connectivity index (χ3n) is 4.79. The lowest BCUT2D eigenvalue weighted by atomic mass is 10.1. The molecule has 0 saturated carbocycles. The Morgan fingerprint density at radius 3 is 2.84 bits per heavy atom. The number of nitrogens with zero attached hydrogens (tertiary/aromatic N) is 4. The number of hydrogen-bond donors (Lipinski definition) is 0. The van der Waals surface area contributed by atoms with Gasteiger partial charge in [0.25, 0.3) is 5.89 Å². The maximum absolute atomic E-state index is 6.24. The number of aromatic nitrogens is 3. The smallest absolute Gasteiger partial charge is 0.258 e. The topological polar surface area (TPSA) is 73.5 Å². The summed E-state index contributed by atoms with van der Waals surface area (Å²) in [5.74, 6) is 1.18. The molecule has 0 amide bonds. The largest absolute Gasteiger partial charge is 0.379 e. The van der Waals surface area contributed by atoms with Gasteiger partial charge < -0.3 is 14.0 Å². The van der Waals surface area contributed by atoms with E-state index in [0.717, 1.165) is 63.4 Å². The van der Waals surface area contributed by atoms with Gasteiger partial charge in [-0.05, 0) is 31.9 Å². The van der Waals surface area contributed by atoms with Crippen molar-refractivity contribution >= 4 is 0 Å². The Hall–Kier alpha value is -1.83. The summed E-state index contributed by atoms with van der Waals surface area (Å²) in [5.41, 5.74) is 1.92. The van der Waals surface area contributed by atoms with Gasteiger partial charge in [0, 0.05) is 43.5 Å². The van der Waals surface area contributed by atoms with E-state index in [0.29, 0.717) is 17.8 Å². The van der Waals surface area contributed by atoms with E-state index in [4.69, 9.17) is 14.0 Å². The highest BCUT2D eigenvalue weighted by Crippen LogP contribution is 2.25. The van der Waals surface area contributed by atoms with Crippen LogP contribution in [-0.4, -0.2) is 65.1 Å². The molecule has 2 fully saturated rings. The Labute approximate surface area is 147 Å². The van der Waals surface area contributed by atoms with Crippen LogP contribution in [0.25, 0.3) is 11.5 Å². The molecule has 0 spiro atoms. The molecule has 134 valence electrons. The van der Waals surface area contributed by atoms with Crippen LogP contribution in [0.2, 0.25) is 0 Å². The van der Waals surface area contributed by atoms with E-state index in [1.54, 1.807) is 6.20 Å². The molecule has 25 heavy (non-hydrogen) atoms. The molecule has 2 aromatic rings. The Morgan fingerprint density at radius 2 is 2.04 bits per heavy atom. The number of pyridine rings is 1. The molecule has 4 heterocycles. The van der Waals surface area contributed by atoms with Crippen molar-refractivity contribution in [3.8, 4) is 11.5 Å². The minimum Gasteiger partial charge on any atom is -0.379 e. The number of morpholine rings is 1. The molecule has 7 heteroatoms. The number of aryl methyl sites for hydroxylation is 1. The fraction of sp³-hybridized carbons (Fsp3) is 0.611. The van der Waals surface area contributed by atoms with Crippen molar-refractivity contribution in [1.29, 1.82) is 0 Å². The highest BCUT2D eigenvalue weighted by atomic mass is 16.5. The van der Waals surface area contributed by atoms with Gasteiger partial charge in [-0.2, -0.15) is 4.98 Å². The zero-order chi connectivity index (χ0) is 17.1. The molecule has 4 rings (SSSR count). The third kappa shape index (κ3) is 4.23. The molecular formula is C18H24N4O3. The summed E-state index contributed by atoms with van der Waals surface area (Å²) in [5, 5.41) is 3.85. The van der Waals surface area contributed by atoms with Crippen LogP contribution in [0, 0.1) is 6.92 Å². The SMILES string of the molecule is Cc1noc(-c2ccnc(C[C@@H]3CC[C@H](CN4CCOCC4)O3)c2)n1. The lowest BCUT2D eigenvalue weighted by Gasteiger charge is -2.28. The van der Waals surface area contributed by atoms with Gasteiger partial charge in [-0.25, -0.2) is 0 Å². The van der Waals surface area contributed by atoms with Gasteiger partial charge in [-0.1, -0.05) is 5.16 Å². The fourth-order valence-corrected chi connectivity index (χ4v) is 3.51. The molecule has 2 aliphatic heterocycles.